The molecule has 0 bridgehead atoms. The van der Waals surface area contributed by atoms with Crippen molar-refractivity contribution < 1.29 is 4.79 Å². The summed E-state index contributed by atoms with van der Waals surface area (Å²) < 4.78 is 0. The minimum absolute atomic E-state index is 0.0718. The molecule has 1 atom stereocenters. The molecule has 1 unspecified atom stereocenters. The molecular weight excluding hydrogens is 341 g/mol. The second kappa shape index (κ2) is 6.97. The van der Waals surface area contributed by atoms with Gasteiger partial charge in [0.1, 0.15) is 0 Å². The maximum Gasteiger partial charge on any atom is 0.229 e. The zero-order chi connectivity index (χ0) is 18.1. The molecule has 0 fully saturated rings. The molecule has 1 aliphatic rings. The third kappa shape index (κ3) is 3.38. The van der Waals surface area contributed by atoms with E-state index in [2.05, 4.69) is 32.8 Å². The van der Waals surface area contributed by atoms with E-state index in [1.165, 1.54) is 10.9 Å². The highest BCUT2D eigenvalue weighted by Gasteiger charge is 2.21. The third-order valence-electron chi connectivity index (χ3n) is 4.62. The second-order valence-electron chi connectivity index (χ2n) is 6.58. The van der Waals surface area contributed by atoms with Gasteiger partial charge in [-0.15, -0.1) is 9.24 Å². The van der Waals surface area contributed by atoms with E-state index in [1.54, 1.807) is 0 Å². The van der Waals surface area contributed by atoms with Crippen molar-refractivity contribution >= 4 is 26.3 Å². The summed E-state index contributed by atoms with van der Waals surface area (Å²) in [5.41, 5.74) is 6.07. The van der Waals surface area contributed by atoms with Crippen LogP contribution in [-0.2, 0) is 24.1 Å². The van der Waals surface area contributed by atoms with Crippen LogP contribution in [0.25, 0.3) is 11.3 Å². The van der Waals surface area contributed by atoms with Crippen LogP contribution in [0.5, 0.6) is 0 Å². The van der Waals surface area contributed by atoms with Crippen molar-refractivity contribution in [2.24, 2.45) is 0 Å². The average Bonchev–Trinajstić information content (AvgIpc) is 2.63. The molecule has 0 saturated heterocycles. The Kier molecular flexibility index (Phi) is 4.52. The number of nitrogens with zero attached hydrogens (tertiary/aromatic N) is 2. The van der Waals surface area contributed by atoms with Crippen LogP contribution in [0.2, 0.25) is 0 Å². The molecule has 1 N–H and O–H groups in total. The Morgan fingerprint density at radius 2 is 1.92 bits per heavy atom. The summed E-state index contributed by atoms with van der Waals surface area (Å²) in [6, 6.07) is 16.1. The van der Waals surface area contributed by atoms with Gasteiger partial charge in [-0.25, -0.2) is 9.97 Å². The van der Waals surface area contributed by atoms with E-state index < -0.39 is 0 Å². The number of aryl methyl sites for hydroxylation is 3. The van der Waals surface area contributed by atoms with Crippen LogP contribution in [0.4, 0.5) is 5.82 Å². The maximum absolute atomic E-state index is 12.4. The van der Waals surface area contributed by atoms with Crippen molar-refractivity contribution in [3.63, 3.8) is 0 Å². The first-order chi connectivity index (χ1) is 12.6. The second-order valence-corrected chi connectivity index (χ2v) is 7.25. The quantitative estimate of drug-likeness (QED) is 0.729. The zero-order valence-electron chi connectivity index (χ0n) is 14.6. The van der Waals surface area contributed by atoms with E-state index in [1.807, 2.05) is 37.3 Å². The van der Waals surface area contributed by atoms with Crippen LogP contribution < -0.4 is 10.6 Å². The predicted octanol–water partition coefficient (Wildman–Crippen LogP) is 3.23. The number of hydrogen-bond acceptors (Lipinski definition) is 3. The molecule has 1 aromatic heterocycles. The van der Waals surface area contributed by atoms with Crippen molar-refractivity contribution in [1.82, 2.24) is 9.97 Å². The number of nitrogens with one attached hydrogen (secondary N) is 1. The molecule has 0 saturated carbocycles. The molecule has 130 valence electrons. The zero-order valence-corrected chi connectivity index (χ0v) is 15.8. The topological polar surface area (TPSA) is 54.9 Å². The average molecular weight is 361 g/mol. The first-order valence-electron chi connectivity index (χ1n) is 8.70. The Morgan fingerprint density at radius 3 is 2.73 bits per heavy atom. The number of fused-ring (bicyclic) bond motifs is 3. The number of rotatable bonds is 3. The lowest BCUT2D eigenvalue weighted by atomic mass is 9.92. The van der Waals surface area contributed by atoms with Crippen molar-refractivity contribution in [3.8, 4) is 11.3 Å². The molecule has 0 aliphatic heterocycles. The fourth-order valence-corrected chi connectivity index (χ4v) is 3.62. The molecule has 4 rings (SSSR count). The number of carbonyl (C=O) groups excluding carboxylic acids is 1. The Hall–Kier alpha value is -2.58. The standard InChI is InChI=1S/C21H20N3OP/c1-13-21(24-19(25)11-14-5-3-2-4-6-14)23-18-10-7-15-12-16(26)8-9-17(15)20(18)22-13/h2-6,8-9,12H,7,10-11,26H2,1H3,(H,23,24,25). The van der Waals surface area contributed by atoms with Gasteiger partial charge in [-0.2, -0.15) is 0 Å². The Balaban J connectivity index is 1.60. The molecule has 1 amide bonds. The van der Waals surface area contributed by atoms with E-state index in [0.717, 1.165) is 41.1 Å². The van der Waals surface area contributed by atoms with Crippen molar-refractivity contribution in [2.45, 2.75) is 26.2 Å². The van der Waals surface area contributed by atoms with Gasteiger partial charge in [0.05, 0.1) is 23.5 Å². The van der Waals surface area contributed by atoms with Crippen molar-refractivity contribution in [1.29, 1.82) is 0 Å². The maximum atomic E-state index is 12.4. The lowest BCUT2D eigenvalue weighted by Gasteiger charge is -2.20. The highest BCUT2D eigenvalue weighted by atomic mass is 31.0. The number of anilines is 1. The van der Waals surface area contributed by atoms with E-state index in [4.69, 9.17) is 9.97 Å². The van der Waals surface area contributed by atoms with Gasteiger partial charge in [0, 0.05) is 5.56 Å². The summed E-state index contributed by atoms with van der Waals surface area (Å²) in [7, 11) is 2.74. The van der Waals surface area contributed by atoms with E-state index in [0.29, 0.717) is 12.2 Å². The van der Waals surface area contributed by atoms with Gasteiger partial charge in [0.25, 0.3) is 0 Å². The summed E-state index contributed by atoms with van der Waals surface area (Å²) >= 11 is 0. The lowest BCUT2D eigenvalue weighted by Crippen LogP contribution is -2.19. The molecule has 3 aromatic rings. The van der Waals surface area contributed by atoms with Gasteiger partial charge in [-0.05, 0) is 36.2 Å². The van der Waals surface area contributed by atoms with Crippen LogP contribution in [0.15, 0.2) is 48.5 Å². The van der Waals surface area contributed by atoms with Crippen LogP contribution >= 0.6 is 9.24 Å². The van der Waals surface area contributed by atoms with Crippen LogP contribution in [-0.4, -0.2) is 15.9 Å². The lowest BCUT2D eigenvalue weighted by molar-refractivity contribution is -0.115. The molecule has 26 heavy (non-hydrogen) atoms. The fraction of sp³-hybridized carbons (Fsp3) is 0.190. The molecule has 1 aliphatic carbocycles. The first kappa shape index (κ1) is 16.9. The number of aromatic nitrogens is 2. The first-order valence-corrected chi connectivity index (χ1v) is 9.28. The minimum Gasteiger partial charge on any atom is -0.309 e. The van der Waals surface area contributed by atoms with Gasteiger partial charge >= 0.3 is 0 Å². The molecule has 0 radical (unpaired) electrons. The number of carbonyl (C=O) groups is 1. The number of amides is 1. The molecule has 0 spiro atoms. The monoisotopic (exact) mass is 361 g/mol. The highest BCUT2D eigenvalue weighted by molar-refractivity contribution is 7.27. The minimum atomic E-state index is -0.0718. The van der Waals surface area contributed by atoms with Crippen LogP contribution in [0, 0.1) is 6.92 Å². The molecule has 4 nitrogen and oxygen atoms in total. The summed E-state index contributed by atoms with van der Waals surface area (Å²) in [6.07, 6.45) is 2.11. The predicted molar refractivity (Wildman–Crippen MR) is 108 cm³/mol. The van der Waals surface area contributed by atoms with Crippen molar-refractivity contribution in [3.05, 3.63) is 71.0 Å². The van der Waals surface area contributed by atoms with Crippen molar-refractivity contribution in [2.75, 3.05) is 5.32 Å². The summed E-state index contributed by atoms with van der Waals surface area (Å²) in [4.78, 5) is 21.8. The summed E-state index contributed by atoms with van der Waals surface area (Å²) in [6.45, 7) is 1.89. The summed E-state index contributed by atoms with van der Waals surface area (Å²) in [5, 5.41) is 4.11. The largest absolute Gasteiger partial charge is 0.309 e. The molecule has 1 heterocycles. The Bertz CT molecular complexity index is 986. The highest BCUT2D eigenvalue weighted by Crippen LogP contribution is 2.32. The normalized spacial score (nSPS) is 12.2. The van der Waals surface area contributed by atoms with Gasteiger partial charge < -0.3 is 5.32 Å². The Morgan fingerprint density at radius 1 is 1.12 bits per heavy atom. The van der Waals surface area contributed by atoms with E-state index >= 15 is 0 Å². The number of benzene rings is 2. The third-order valence-corrected chi connectivity index (χ3v) is 4.98. The smallest absolute Gasteiger partial charge is 0.229 e. The van der Waals surface area contributed by atoms with Gasteiger partial charge in [0.2, 0.25) is 5.91 Å². The SMILES string of the molecule is Cc1nc2c(nc1NC(=O)Cc1ccccc1)CCc1cc(P)ccc1-2. The summed E-state index contributed by atoms with van der Waals surface area (Å²) in [5.74, 6) is 0.494. The van der Waals surface area contributed by atoms with E-state index in [9.17, 15) is 4.79 Å². The van der Waals surface area contributed by atoms with Crippen LogP contribution in [0.3, 0.4) is 0 Å². The van der Waals surface area contributed by atoms with Gasteiger partial charge in [0.15, 0.2) is 5.82 Å². The fourth-order valence-electron chi connectivity index (χ4n) is 3.32. The number of hydrogen-bond donors (Lipinski definition) is 1. The van der Waals surface area contributed by atoms with Crippen LogP contribution in [0.1, 0.15) is 22.5 Å². The van der Waals surface area contributed by atoms with Gasteiger partial charge in [-0.3, -0.25) is 4.79 Å². The van der Waals surface area contributed by atoms with Gasteiger partial charge in [-0.1, -0.05) is 48.5 Å². The Labute approximate surface area is 155 Å². The van der Waals surface area contributed by atoms with E-state index in [-0.39, 0.29) is 5.91 Å². The molecule has 2 aromatic carbocycles. The molecular formula is C21H20N3OP. The molecule has 5 heteroatoms.